The summed E-state index contributed by atoms with van der Waals surface area (Å²) >= 11 is 7.69. The smallest absolute Gasteiger partial charge is 0.325 e. The van der Waals surface area contributed by atoms with Gasteiger partial charge in [0.25, 0.3) is 5.91 Å². The molecule has 1 aromatic heterocycles. The summed E-state index contributed by atoms with van der Waals surface area (Å²) in [5, 5.41) is 15.7. The molecule has 2 heterocycles. The second kappa shape index (κ2) is 7.83. The number of benzene rings is 1. The highest BCUT2D eigenvalue weighted by atomic mass is 35.5. The van der Waals surface area contributed by atoms with Gasteiger partial charge in [0.05, 0.1) is 25.9 Å². The van der Waals surface area contributed by atoms with E-state index in [1.54, 1.807) is 17.4 Å². The Morgan fingerprint density at radius 1 is 1.32 bits per heavy atom. The van der Waals surface area contributed by atoms with Gasteiger partial charge < -0.3 is 15.2 Å². The van der Waals surface area contributed by atoms with Crippen LogP contribution in [0.25, 0.3) is 0 Å². The van der Waals surface area contributed by atoms with E-state index in [2.05, 4.69) is 5.32 Å². The molecule has 2 aromatic rings. The Labute approximate surface area is 172 Å². The standard InChI is InChI=1S/C20H21ClN2O4S/c21-16-5-2-1-4-13(16)11-27-12-14(24)10-23-18(25)20(22-19(23)26)8-3-6-17-15(20)7-9-28-17/h1-2,4-5,7,9,14,24H,3,6,8,10-12H2,(H,22,26)/t14-,20+/m0/s1. The van der Waals surface area contributed by atoms with Crippen LogP contribution in [-0.4, -0.2) is 41.2 Å². The van der Waals surface area contributed by atoms with Crippen LogP contribution in [0.3, 0.4) is 0 Å². The van der Waals surface area contributed by atoms with Crippen molar-refractivity contribution in [2.24, 2.45) is 0 Å². The first-order valence-corrected chi connectivity index (χ1v) is 10.5. The maximum Gasteiger partial charge on any atom is 0.325 e. The fourth-order valence-electron chi connectivity index (χ4n) is 3.89. The number of aliphatic hydroxyl groups excluding tert-OH is 1. The number of rotatable bonds is 6. The van der Waals surface area contributed by atoms with Gasteiger partial charge in [-0.2, -0.15) is 0 Å². The van der Waals surface area contributed by atoms with Gasteiger partial charge in [-0.3, -0.25) is 9.69 Å². The van der Waals surface area contributed by atoms with Gasteiger partial charge in [-0.05, 0) is 42.3 Å². The van der Waals surface area contributed by atoms with E-state index in [1.165, 1.54) is 0 Å². The normalized spacial score (nSPS) is 22.4. The van der Waals surface area contributed by atoms with Gasteiger partial charge >= 0.3 is 6.03 Å². The Kier molecular flexibility index (Phi) is 5.42. The minimum atomic E-state index is -0.983. The number of aliphatic hydroxyl groups is 1. The van der Waals surface area contributed by atoms with Gasteiger partial charge in [0, 0.05) is 15.5 Å². The van der Waals surface area contributed by atoms with Crippen molar-refractivity contribution in [3.8, 4) is 0 Å². The minimum Gasteiger partial charge on any atom is -0.389 e. The van der Waals surface area contributed by atoms with Gasteiger partial charge in [-0.1, -0.05) is 29.8 Å². The zero-order chi connectivity index (χ0) is 19.7. The average molecular weight is 421 g/mol. The minimum absolute atomic E-state index is 0.00101. The van der Waals surface area contributed by atoms with Crippen molar-refractivity contribution in [2.75, 3.05) is 13.2 Å². The summed E-state index contributed by atoms with van der Waals surface area (Å²) in [6, 6.07) is 8.76. The third-order valence-electron chi connectivity index (χ3n) is 5.26. The topological polar surface area (TPSA) is 78.9 Å². The Hall–Kier alpha value is -1.93. The number of hydrogen-bond acceptors (Lipinski definition) is 5. The molecule has 0 unspecified atom stereocenters. The van der Waals surface area contributed by atoms with E-state index in [9.17, 15) is 14.7 Å². The summed E-state index contributed by atoms with van der Waals surface area (Å²) in [5.41, 5.74) is 0.731. The van der Waals surface area contributed by atoms with Crippen molar-refractivity contribution in [1.82, 2.24) is 10.2 Å². The predicted octanol–water partition coefficient (Wildman–Crippen LogP) is 3.06. The van der Waals surface area contributed by atoms with Crippen LogP contribution in [0.1, 0.15) is 28.8 Å². The first-order chi connectivity index (χ1) is 13.5. The van der Waals surface area contributed by atoms with Crippen molar-refractivity contribution < 1.29 is 19.4 Å². The molecular formula is C20H21ClN2O4S. The van der Waals surface area contributed by atoms with E-state index < -0.39 is 17.7 Å². The molecule has 6 nitrogen and oxygen atoms in total. The number of imide groups is 1. The molecule has 2 aliphatic rings. The Balaban J connectivity index is 1.38. The van der Waals surface area contributed by atoms with Crippen LogP contribution in [0.2, 0.25) is 5.02 Å². The lowest BCUT2D eigenvalue weighted by Gasteiger charge is -2.31. The van der Waals surface area contributed by atoms with Gasteiger partial charge in [-0.15, -0.1) is 11.3 Å². The van der Waals surface area contributed by atoms with E-state index >= 15 is 0 Å². The maximum atomic E-state index is 13.1. The van der Waals surface area contributed by atoms with Crippen LogP contribution in [0, 0.1) is 0 Å². The number of hydrogen-bond donors (Lipinski definition) is 2. The SMILES string of the molecule is O=C1N[C@@]2(CCCc3sccc32)C(=O)N1C[C@H](O)COCc1ccccc1Cl. The number of carbonyl (C=O) groups excluding carboxylic acids is 2. The third kappa shape index (κ3) is 3.43. The Bertz CT molecular complexity index is 902. The van der Waals surface area contributed by atoms with E-state index in [0.717, 1.165) is 33.7 Å². The molecule has 4 rings (SSSR count). The van der Waals surface area contributed by atoms with Gasteiger partial charge in [0.15, 0.2) is 0 Å². The molecule has 0 radical (unpaired) electrons. The average Bonchev–Trinajstić information content (AvgIpc) is 3.24. The van der Waals surface area contributed by atoms with Crippen molar-refractivity contribution >= 4 is 34.9 Å². The van der Waals surface area contributed by atoms with Crippen molar-refractivity contribution in [1.29, 1.82) is 0 Å². The predicted molar refractivity (Wildman–Crippen MR) is 106 cm³/mol. The Morgan fingerprint density at radius 3 is 2.96 bits per heavy atom. The number of β-amino-alcohol motifs (C(OH)–C–C–N with tert-alkyl or cyclic N) is 1. The molecule has 8 heteroatoms. The number of halogens is 1. The molecule has 148 valence electrons. The molecule has 0 bridgehead atoms. The molecular weight excluding hydrogens is 400 g/mol. The fraction of sp³-hybridized carbons (Fsp3) is 0.400. The summed E-state index contributed by atoms with van der Waals surface area (Å²) in [6.45, 7) is 0.145. The lowest BCUT2D eigenvalue weighted by molar-refractivity contribution is -0.133. The lowest BCUT2D eigenvalue weighted by Crippen LogP contribution is -2.46. The number of ether oxygens (including phenoxy) is 1. The van der Waals surface area contributed by atoms with E-state index in [1.807, 2.05) is 29.6 Å². The largest absolute Gasteiger partial charge is 0.389 e. The van der Waals surface area contributed by atoms with Crippen LogP contribution in [0.15, 0.2) is 35.7 Å². The second-order valence-corrected chi connectivity index (χ2v) is 8.53. The highest BCUT2D eigenvalue weighted by molar-refractivity contribution is 7.10. The molecule has 1 aromatic carbocycles. The number of fused-ring (bicyclic) bond motifs is 2. The van der Waals surface area contributed by atoms with E-state index in [0.29, 0.717) is 11.4 Å². The van der Waals surface area contributed by atoms with Gasteiger partial charge in [0.1, 0.15) is 5.54 Å². The molecule has 1 fully saturated rings. The molecule has 1 saturated heterocycles. The number of aryl methyl sites for hydroxylation is 1. The molecule has 2 atom stereocenters. The molecule has 1 aliphatic heterocycles. The number of amides is 3. The van der Waals surface area contributed by atoms with Crippen LogP contribution in [0.4, 0.5) is 4.79 Å². The number of nitrogens with one attached hydrogen (secondary N) is 1. The summed E-state index contributed by atoms with van der Waals surface area (Å²) in [4.78, 5) is 27.9. The maximum absolute atomic E-state index is 13.1. The number of urea groups is 1. The van der Waals surface area contributed by atoms with Crippen LogP contribution in [0.5, 0.6) is 0 Å². The molecule has 1 aliphatic carbocycles. The third-order valence-corrected chi connectivity index (χ3v) is 6.60. The number of nitrogens with zero attached hydrogens (tertiary/aromatic N) is 1. The quantitative estimate of drug-likeness (QED) is 0.704. The molecule has 1 spiro atoms. The molecule has 3 amide bonds. The summed E-state index contributed by atoms with van der Waals surface area (Å²) in [5.74, 6) is -0.290. The zero-order valence-corrected chi connectivity index (χ0v) is 16.8. The van der Waals surface area contributed by atoms with Crippen molar-refractivity contribution in [3.63, 3.8) is 0 Å². The first-order valence-electron chi connectivity index (χ1n) is 9.21. The van der Waals surface area contributed by atoms with Gasteiger partial charge in [0.2, 0.25) is 0 Å². The summed E-state index contributed by atoms with van der Waals surface area (Å²) in [6.07, 6.45) is 1.38. The highest BCUT2D eigenvalue weighted by Gasteiger charge is 2.54. The van der Waals surface area contributed by atoms with E-state index in [-0.39, 0.29) is 25.7 Å². The van der Waals surface area contributed by atoms with Gasteiger partial charge in [-0.25, -0.2) is 4.79 Å². The fourth-order valence-corrected chi connectivity index (χ4v) is 5.08. The molecule has 2 N–H and O–H groups in total. The molecule has 0 saturated carbocycles. The van der Waals surface area contributed by atoms with Crippen molar-refractivity contribution in [2.45, 2.75) is 37.5 Å². The van der Waals surface area contributed by atoms with E-state index in [4.69, 9.17) is 16.3 Å². The first kappa shape index (κ1) is 19.4. The number of carbonyl (C=O) groups is 2. The number of thiophene rings is 1. The van der Waals surface area contributed by atoms with Crippen molar-refractivity contribution in [3.05, 3.63) is 56.7 Å². The van der Waals surface area contributed by atoms with Crippen LogP contribution >= 0.6 is 22.9 Å². The summed E-state index contributed by atoms with van der Waals surface area (Å²) in [7, 11) is 0. The monoisotopic (exact) mass is 420 g/mol. The second-order valence-electron chi connectivity index (χ2n) is 7.12. The molecule has 28 heavy (non-hydrogen) atoms. The Morgan fingerprint density at radius 2 is 2.14 bits per heavy atom. The lowest BCUT2D eigenvalue weighted by atomic mass is 9.80. The summed E-state index contributed by atoms with van der Waals surface area (Å²) < 4.78 is 5.52. The van der Waals surface area contributed by atoms with Crippen LogP contribution < -0.4 is 5.32 Å². The van der Waals surface area contributed by atoms with Crippen LogP contribution in [-0.2, 0) is 28.1 Å². The highest BCUT2D eigenvalue weighted by Crippen LogP contribution is 2.42. The zero-order valence-electron chi connectivity index (χ0n) is 15.2.